The van der Waals surface area contributed by atoms with Gasteiger partial charge in [-0.1, -0.05) is 34.8 Å². The van der Waals surface area contributed by atoms with Crippen molar-refractivity contribution in [2.45, 2.75) is 11.5 Å². The Bertz CT molecular complexity index is 1420. The van der Waals surface area contributed by atoms with E-state index in [-0.39, 0.29) is 24.8 Å². The summed E-state index contributed by atoms with van der Waals surface area (Å²) in [4.78, 5) is 13.7. The summed E-state index contributed by atoms with van der Waals surface area (Å²) in [6.45, 7) is 0. The van der Waals surface area contributed by atoms with E-state index in [9.17, 15) is 0 Å². The number of hydrogen-bond donors (Lipinski definition) is 0. The Morgan fingerprint density at radius 3 is 1.40 bits per heavy atom. The number of aromatic nitrogens is 2. The lowest BCUT2D eigenvalue weighted by atomic mass is 10.2. The highest BCUT2D eigenvalue weighted by molar-refractivity contribution is 8.13. The van der Waals surface area contributed by atoms with Crippen molar-refractivity contribution in [3.8, 4) is 0 Å². The van der Waals surface area contributed by atoms with Crippen LogP contribution in [0.5, 0.6) is 0 Å². The van der Waals surface area contributed by atoms with Crippen LogP contribution in [-0.4, -0.2) is 95.6 Å². The zero-order valence-corrected chi connectivity index (χ0v) is 28.6. The van der Waals surface area contributed by atoms with Crippen LogP contribution in [0.15, 0.2) is 46.6 Å². The first-order chi connectivity index (χ1) is 18.1. The summed E-state index contributed by atoms with van der Waals surface area (Å²) >= 11 is 6.72. The summed E-state index contributed by atoms with van der Waals surface area (Å²) in [7, 11) is 16.5. The highest BCUT2D eigenvalue weighted by Gasteiger charge is 2.15. The van der Waals surface area contributed by atoms with Crippen molar-refractivity contribution < 1.29 is 34.0 Å². The molecule has 0 saturated heterocycles. The van der Waals surface area contributed by atoms with Crippen LogP contribution in [0.1, 0.15) is 11.1 Å². The SMILES string of the molecule is CN(C)C(SCc1ccc2sc(/N=N/c3nc4cc(CSC(N(C)C)=[N+](C)C)ccc4s3)nc2c1)=[N+](C)C.[Cl-].[Cl-]. The topological polar surface area (TPSA) is 63.0 Å². The molecule has 8 nitrogen and oxygen atoms in total. The molecule has 0 atom stereocenters. The maximum Gasteiger partial charge on any atom is 0.307 e. The quantitative estimate of drug-likeness (QED) is 0.128. The molecule has 0 saturated carbocycles. The molecule has 40 heavy (non-hydrogen) atoms. The number of rotatable bonds is 6. The largest absolute Gasteiger partial charge is 1.00 e. The molecule has 0 amide bonds. The van der Waals surface area contributed by atoms with Gasteiger partial charge in [0.2, 0.25) is 10.3 Å². The van der Waals surface area contributed by atoms with Gasteiger partial charge in [0.25, 0.3) is 0 Å². The Labute approximate surface area is 265 Å². The fourth-order valence-corrected chi connectivity index (χ4v) is 7.40. The summed E-state index contributed by atoms with van der Waals surface area (Å²) in [5.74, 6) is 1.76. The molecule has 14 heteroatoms. The van der Waals surface area contributed by atoms with E-state index in [1.165, 1.54) is 21.5 Å². The number of halogens is 2. The first-order valence-corrected chi connectivity index (χ1v) is 15.6. The Morgan fingerprint density at radius 2 is 1.07 bits per heavy atom. The van der Waals surface area contributed by atoms with Crippen molar-refractivity contribution in [3.63, 3.8) is 0 Å². The molecule has 0 aliphatic carbocycles. The second-order valence-corrected chi connectivity index (χ2v) is 13.4. The van der Waals surface area contributed by atoms with Crippen LogP contribution in [-0.2, 0) is 11.5 Å². The van der Waals surface area contributed by atoms with E-state index in [0.29, 0.717) is 10.3 Å². The van der Waals surface area contributed by atoms with Crippen molar-refractivity contribution >= 4 is 87.2 Å². The molecule has 0 radical (unpaired) electrons. The minimum absolute atomic E-state index is 0. The minimum atomic E-state index is 0. The van der Waals surface area contributed by atoms with Crippen LogP contribution in [0.4, 0.5) is 10.3 Å². The summed E-state index contributed by atoms with van der Waals surface area (Å²) < 4.78 is 6.49. The maximum atomic E-state index is 4.71. The number of benzene rings is 2. The molecule has 0 spiro atoms. The van der Waals surface area contributed by atoms with E-state index in [4.69, 9.17) is 9.97 Å². The van der Waals surface area contributed by atoms with Crippen molar-refractivity contribution in [2.24, 2.45) is 10.2 Å². The number of thioether (sulfide) groups is 2. The number of thiazole rings is 2. The molecular formula is C26H34Cl2N8S4. The van der Waals surface area contributed by atoms with Crippen molar-refractivity contribution in [1.82, 2.24) is 19.8 Å². The molecule has 0 N–H and O–H groups in total. The molecule has 0 fully saturated rings. The van der Waals surface area contributed by atoms with E-state index in [2.05, 4.69) is 122 Å². The highest BCUT2D eigenvalue weighted by atomic mass is 35.5. The van der Waals surface area contributed by atoms with Crippen LogP contribution in [0, 0.1) is 0 Å². The lowest BCUT2D eigenvalue weighted by Gasteiger charge is -2.10. The van der Waals surface area contributed by atoms with Gasteiger partial charge in [0.15, 0.2) is 0 Å². The monoisotopic (exact) mass is 656 g/mol. The third kappa shape index (κ3) is 8.77. The molecule has 2 aromatic heterocycles. The predicted octanol–water partition coefficient (Wildman–Crippen LogP) is 0.175. The van der Waals surface area contributed by atoms with Crippen LogP contribution in [0.25, 0.3) is 20.4 Å². The predicted molar refractivity (Wildman–Crippen MR) is 168 cm³/mol. The van der Waals surface area contributed by atoms with Gasteiger partial charge in [0.05, 0.1) is 76.8 Å². The number of amidine groups is 2. The molecule has 4 aromatic rings. The molecule has 0 unspecified atom stereocenters. The fraction of sp³-hybridized carbons (Fsp3) is 0.385. The molecule has 0 aliphatic heterocycles. The lowest BCUT2D eigenvalue weighted by molar-refractivity contribution is -0.466. The van der Waals surface area contributed by atoms with E-state index in [0.717, 1.165) is 31.9 Å². The Kier molecular flexibility index (Phi) is 13.1. The standard InChI is InChI=1S/C26H34N8S4.2ClH/c1-31(2)25(32(3)4)35-15-17-9-11-21-19(13-17)27-23(37-21)29-30-24-28-20-14-18(10-12-22(20)38-24)16-36-26(33(5)6)34(7)8;;/h9-14H,15-16H2,1-8H3;2*1H/q+2;;/p-2/b30-29+;;. The molecule has 0 aliphatic rings. The second kappa shape index (κ2) is 15.3. The Morgan fingerprint density at radius 1 is 0.700 bits per heavy atom. The lowest BCUT2D eigenvalue weighted by Crippen LogP contribution is -3.00. The first kappa shape index (κ1) is 34.2. The molecule has 4 rings (SSSR count). The molecule has 2 aromatic carbocycles. The molecule has 0 bridgehead atoms. The molecule has 2 heterocycles. The fourth-order valence-electron chi connectivity index (χ4n) is 3.88. The Balaban J connectivity index is 0.00000280. The smallest absolute Gasteiger partial charge is 0.307 e. The number of nitrogens with zero attached hydrogens (tertiary/aromatic N) is 8. The average Bonchev–Trinajstić information content (AvgIpc) is 3.44. The van der Waals surface area contributed by atoms with Crippen LogP contribution < -0.4 is 24.8 Å². The average molecular weight is 658 g/mol. The van der Waals surface area contributed by atoms with Gasteiger partial charge in [0, 0.05) is 11.5 Å². The van der Waals surface area contributed by atoms with Crippen molar-refractivity contribution in [1.29, 1.82) is 0 Å². The van der Waals surface area contributed by atoms with E-state index in [1.807, 2.05) is 23.5 Å². The summed E-state index contributed by atoms with van der Waals surface area (Å²) in [5, 5.41) is 12.6. The maximum absolute atomic E-state index is 4.71. The van der Waals surface area contributed by atoms with Gasteiger partial charge in [-0.15, -0.1) is 10.2 Å². The third-order valence-electron chi connectivity index (χ3n) is 5.37. The molecular weight excluding hydrogens is 624 g/mol. The normalized spacial score (nSPS) is 10.9. The zero-order valence-electron chi connectivity index (χ0n) is 23.8. The first-order valence-electron chi connectivity index (χ1n) is 12.0. The number of fused-ring (bicyclic) bond motifs is 2. The van der Waals surface area contributed by atoms with Gasteiger partial charge < -0.3 is 24.8 Å². The van der Waals surface area contributed by atoms with E-state index in [1.54, 1.807) is 22.7 Å². The van der Waals surface area contributed by atoms with Gasteiger partial charge in [-0.05, 0) is 58.9 Å². The van der Waals surface area contributed by atoms with Gasteiger partial charge in [-0.3, -0.25) is 19.0 Å². The number of hydrogen-bond acceptors (Lipinski definition) is 8. The number of azo groups is 1. The zero-order chi connectivity index (χ0) is 27.4. The van der Waals surface area contributed by atoms with Gasteiger partial charge >= 0.3 is 10.3 Å². The van der Waals surface area contributed by atoms with Crippen LogP contribution in [0.3, 0.4) is 0 Å². The summed E-state index contributed by atoms with van der Waals surface area (Å²) in [6.07, 6.45) is 0. The van der Waals surface area contributed by atoms with Crippen LogP contribution >= 0.6 is 46.2 Å². The Hall–Kier alpha value is -1.96. The second-order valence-electron chi connectivity index (χ2n) is 9.52. The third-order valence-corrected chi connectivity index (χ3v) is 10.1. The van der Waals surface area contributed by atoms with Crippen molar-refractivity contribution in [2.75, 3.05) is 56.4 Å². The van der Waals surface area contributed by atoms with Crippen LogP contribution in [0.2, 0.25) is 0 Å². The summed E-state index contributed by atoms with van der Waals surface area (Å²) in [6, 6.07) is 12.9. The minimum Gasteiger partial charge on any atom is -1.00 e. The highest BCUT2D eigenvalue weighted by Crippen LogP contribution is 2.33. The van der Waals surface area contributed by atoms with Gasteiger partial charge in [-0.25, -0.2) is 9.97 Å². The van der Waals surface area contributed by atoms with Gasteiger partial charge in [-0.2, -0.15) is 0 Å². The van der Waals surface area contributed by atoms with Crippen molar-refractivity contribution in [3.05, 3.63) is 47.5 Å². The van der Waals surface area contributed by atoms with E-state index < -0.39 is 0 Å². The molecule has 216 valence electrons. The van der Waals surface area contributed by atoms with Gasteiger partial charge in [0.1, 0.15) is 0 Å². The van der Waals surface area contributed by atoms with E-state index >= 15 is 0 Å². The summed E-state index contributed by atoms with van der Waals surface area (Å²) in [5.41, 5.74) is 4.38.